The van der Waals surface area contributed by atoms with Crippen molar-refractivity contribution < 1.29 is 4.39 Å². The molecule has 2 nitrogen and oxygen atoms in total. The lowest BCUT2D eigenvalue weighted by Crippen LogP contribution is -2.39. The summed E-state index contributed by atoms with van der Waals surface area (Å²) < 4.78 is 13.9. The van der Waals surface area contributed by atoms with Crippen LogP contribution in [-0.4, -0.2) is 25.7 Å². The maximum atomic E-state index is 13.9. The Labute approximate surface area is 116 Å². The monoisotopic (exact) mass is 264 g/mol. The highest BCUT2D eigenvalue weighted by atomic mass is 19.1. The quantitative estimate of drug-likeness (QED) is 0.847. The van der Waals surface area contributed by atoms with Crippen LogP contribution in [0.2, 0.25) is 0 Å². The number of rotatable bonds is 6. The molecule has 3 heteroatoms. The number of halogens is 1. The van der Waals surface area contributed by atoms with Crippen LogP contribution in [0.15, 0.2) is 24.3 Å². The van der Waals surface area contributed by atoms with E-state index in [0.29, 0.717) is 12.0 Å². The average Bonchev–Trinajstić information content (AvgIpc) is 2.85. The van der Waals surface area contributed by atoms with Crippen LogP contribution in [0.4, 0.5) is 10.1 Å². The van der Waals surface area contributed by atoms with Crippen molar-refractivity contribution in [2.24, 2.45) is 5.92 Å². The molecule has 0 heterocycles. The van der Waals surface area contributed by atoms with E-state index in [-0.39, 0.29) is 5.82 Å². The fourth-order valence-electron chi connectivity index (χ4n) is 3.18. The molecule has 0 aliphatic heterocycles. The lowest BCUT2D eigenvalue weighted by molar-refractivity contribution is 0.406. The minimum absolute atomic E-state index is 0.109. The molecule has 1 aromatic carbocycles. The fraction of sp³-hybridized carbons (Fsp3) is 0.625. The van der Waals surface area contributed by atoms with E-state index in [9.17, 15) is 4.39 Å². The van der Waals surface area contributed by atoms with Gasteiger partial charge in [-0.3, -0.25) is 0 Å². The summed E-state index contributed by atoms with van der Waals surface area (Å²) >= 11 is 0. The second kappa shape index (κ2) is 6.90. The average molecular weight is 264 g/mol. The Hall–Kier alpha value is -1.09. The molecule has 0 amide bonds. The van der Waals surface area contributed by atoms with Crippen molar-refractivity contribution in [3.8, 4) is 0 Å². The van der Waals surface area contributed by atoms with Gasteiger partial charge in [0.15, 0.2) is 0 Å². The summed E-state index contributed by atoms with van der Waals surface area (Å²) in [4.78, 5) is 2.18. The maximum absolute atomic E-state index is 13.9. The molecule has 106 valence electrons. The number of nitrogens with one attached hydrogen (secondary N) is 1. The highest BCUT2D eigenvalue weighted by Crippen LogP contribution is 2.29. The predicted molar refractivity (Wildman–Crippen MR) is 79.1 cm³/mol. The van der Waals surface area contributed by atoms with E-state index in [1.165, 1.54) is 19.3 Å². The van der Waals surface area contributed by atoms with Crippen LogP contribution < -0.4 is 10.2 Å². The zero-order valence-electron chi connectivity index (χ0n) is 12.0. The van der Waals surface area contributed by atoms with E-state index < -0.39 is 0 Å². The lowest BCUT2D eigenvalue weighted by Gasteiger charge is -2.30. The summed E-state index contributed by atoms with van der Waals surface area (Å²) in [5.41, 5.74) is 0.743. The third-order valence-corrected chi connectivity index (χ3v) is 4.16. The van der Waals surface area contributed by atoms with Crippen molar-refractivity contribution in [3.63, 3.8) is 0 Å². The Morgan fingerprint density at radius 2 is 2.05 bits per heavy atom. The number of nitrogens with zero attached hydrogens (tertiary/aromatic N) is 1. The number of hydrogen-bond acceptors (Lipinski definition) is 2. The summed E-state index contributed by atoms with van der Waals surface area (Å²) in [5, 5.41) is 3.57. The first kappa shape index (κ1) is 14.3. The Bertz CT molecular complexity index is 394. The Morgan fingerprint density at radius 3 is 2.74 bits per heavy atom. The first-order valence-corrected chi connectivity index (χ1v) is 7.49. The molecule has 1 saturated carbocycles. The SMILES string of the molecule is CCNC1CCCC1CN(CC)c1ccccc1F. The summed E-state index contributed by atoms with van der Waals surface area (Å²) in [6.45, 7) is 7.09. The van der Waals surface area contributed by atoms with Crippen LogP contribution in [0.5, 0.6) is 0 Å². The molecule has 19 heavy (non-hydrogen) atoms. The van der Waals surface area contributed by atoms with Gasteiger partial charge >= 0.3 is 0 Å². The Balaban J connectivity index is 2.05. The van der Waals surface area contributed by atoms with Gasteiger partial charge in [-0.2, -0.15) is 0 Å². The number of benzene rings is 1. The smallest absolute Gasteiger partial charge is 0.146 e. The molecule has 2 unspecified atom stereocenters. The number of para-hydroxylation sites is 1. The predicted octanol–water partition coefficient (Wildman–Crippen LogP) is 3.43. The second-order valence-corrected chi connectivity index (χ2v) is 5.35. The van der Waals surface area contributed by atoms with Crippen molar-refractivity contribution >= 4 is 5.69 Å². The van der Waals surface area contributed by atoms with E-state index >= 15 is 0 Å². The molecule has 1 N–H and O–H groups in total. The van der Waals surface area contributed by atoms with Gasteiger partial charge in [-0.25, -0.2) is 4.39 Å². The maximum Gasteiger partial charge on any atom is 0.146 e. The van der Waals surface area contributed by atoms with Gasteiger partial charge in [0, 0.05) is 19.1 Å². The summed E-state index contributed by atoms with van der Waals surface area (Å²) in [5.74, 6) is 0.529. The molecule has 0 radical (unpaired) electrons. The Morgan fingerprint density at radius 1 is 1.26 bits per heavy atom. The normalized spacial score (nSPS) is 22.7. The van der Waals surface area contributed by atoms with Crippen LogP contribution in [-0.2, 0) is 0 Å². The zero-order valence-corrected chi connectivity index (χ0v) is 12.0. The largest absolute Gasteiger partial charge is 0.369 e. The van der Waals surface area contributed by atoms with Crippen molar-refractivity contribution in [1.82, 2.24) is 5.32 Å². The Kier molecular flexibility index (Phi) is 5.20. The molecule has 0 bridgehead atoms. The van der Waals surface area contributed by atoms with Crippen molar-refractivity contribution in [1.29, 1.82) is 0 Å². The minimum Gasteiger partial charge on any atom is -0.369 e. The third kappa shape index (κ3) is 3.47. The highest BCUT2D eigenvalue weighted by molar-refractivity contribution is 5.47. The molecule has 1 aliphatic rings. The second-order valence-electron chi connectivity index (χ2n) is 5.35. The van der Waals surface area contributed by atoms with Gasteiger partial charge in [0.1, 0.15) is 5.82 Å². The van der Waals surface area contributed by atoms with Gasteiger partial charge in [-0.1, -0.05) is 25.5 Å². The van der Waals surface area contributed by atoms with E-state index in [1.54, 1.807) is 12.1 Å². The van der Waals surface area contributed by atoms with Gasteiger partial charge in [0.05, 0.1) is 5.69 Å². The van der Waals surface area contributed by atoms with Crippen LogP contribution in [0, 0.1) is 11.7 Å². The first-order valence-electron chi connectivity index (χ1n) is 7.49. The van der Waals surface area contributed by atoms with Gasteiger partial charge < -0.3 is 10.2 Å². The van der Waals surface area contributed by atoms with E-state index in [2.05, 4.69) is 24.1 Å². The molecule has 2 atom stereocenters. The fourth-order valence-corrected chi connectivity index (χ4v) is 3.18. The van der Waals surface area contributed by atoms with Crippen LogP contribution in [0.1, 0.15) is 33.1 Å². The van der Waals surface area contributed by atoms with Crippen LogP contribution >= 0.6 is 0 Å². The van der Waals surface area contributed by atoms with Gasteiger partial charge in [0.25, 0.3) is 0 Å². The molecule has 0 aromatic heterocycles. The van der Waals surface area contributed by atoms with Gasteiger partial charge in [-0.15, -0.1) is 0 Å². The molecule has 0 spiro atoms. The molecule has 1 aliphatic carbocycles. The zero-order chi connectivity index (χ0) is 13.7. The van der Waals surface area contributed by atoms with Gasteiger partial charge in [-0.05, 0) is 44.4 Å². The molecule has 1 fully saturated rings. The van der Waals surface area contributed by atoms with Crippen LogP contribution in [0.25, 0.3) is 0 Å². The topological polar surface area (TPSA) is 15.3 Å². The van der Waals surface area contributed by atoms with E-state index in [0.717, 1.165) is 25.3 Å². The first-order chi connectivity index (χ1) is 9.26. The molecular formula is C16H25FN2. The highest BCUT2D eigenvalue weighted by Gasteiger charge is 2.28. The molecule has 1 aromatic rings. The van der Waals surface area contributed by atoms with Crippen molar-refractivity contribution in [2.75, 3.05) is 24.5 Å². The van der Waals surface area contributed by atoms with E-state index in [1.807, 2.05) is 12.1 Å². The third-order valence-electron chi connectivity index (χ3n) is 4.16. The number of anilines is 1. The van der Waals surface area contributed by atoms with Gasteiger partial charge in [0.2, 0.25) is 0 Å². The van der Waals surface area contributed by atoms with E-state index in [4.69, 9.17) is 0 Å². The number of hydrogen-bond donors (Lipinski definition) is 1. The minimum atomic E-state index is -0.109. The van der Waals surface area contributed by atoms with Crippen molar-refractivity contribution in [2.45, 2.75) is 39.2 Å². The standard InChI is InChI=1S/C16H25FN2/c1-3-18-15-10-7-8-13(15)12-19(4-2)16-11-6-5-9-14(16)17/h5-6,9,11,13,15,18H,3-4,7-8,10,12H2,1-2H3. The lowest BCUT2D eigenvalue weighted by atomic mass is 10.0. The molecule has 0 saturated heterocycles. The molecule has 2 rings (SSSR count). The summed E-state index contributed by atoms with van der Waals surface area (Å²) in [7, 11) is 0. The van der Waals surface area contributed by atoms with Crippen molar-refractivity contribution in [3.05, 3.63) is 30.1 Å². The molecular weight excluding hydrogens is 239 g/mol. The summed E-state index contributed by atoms with van der Waals surface area (Å²) in [6, 6.07) is 7.71. The summed E-state index contributed by atoms with van der Waals surface area (Å²) in [6.07, 6.45) is 3.80. The van der Waals surface area contributed by atoms with Crippen LogP contribution in [0.3, 0.4) is 0 Å².